The molecule has 1 aliphatic rings. The summed E-state index contributed by atoms with van der Waals surface area (Å²) in [5.41, 5.74) is 1.03. The van der Waals surface area contributed by atoms with E-state index in [0.717, 1.165) is 17.7 Å². The Labute approximate surface area is 102 Å². The van der Waals surface area contributed by atoms with Crippen LogP contribution in [0.5, 0.6) is 11.5 Å². The van der Waals surface area contributed by atoms with Gasteiger partial charge in [0.25, 0.3) is 0 Å². The molecule has 2 unspecified atom stereocenters. The van der Waals surface area contributed by atoms with E-state index in [9.17, 15) is 5.11 Å². The molecule has 1 aromatic carbocycles. The monoisotopic (exact) mass is 234 g/mol. The molecular weight excluding hydrogens is 216 g/mol. The highest BCUT2D eigenvalue weighted by molar-refractivity contribution is 5.40. The number of ether oxygens (including phenoxy) is 2. The number of hydrogen-bond donors (Lipinski definition) is 1. The molecule has 92 valence electrons. The third-order valence-corrected chi connectivity index (χ3v) is 2.96. The van der Waals surface area contributed by atoms with Gasteiger partial charge in [-0.25, -0.2) is 0 Å². The van der Waals surface area contributed by atoms with Crippen LogP contribution in [0.1, 0.15) is 19.8 Å². The molecule has 0 aliphatic carbocycles. The second-order valence-electron chi connectivity index (χ2n) is 4.29. The summed E-state index contributed by atoms with van der Waals surface area (Å²) in [5.74, 6) is 1.44. The van der Waals surface area contributed by atoms with Gasteiger partial charge in [0.2, 0.25) is 0 Å². The fourth-order valence-electron chi connectivity index (χ4n) is 1.80. The van der Waals surface area contributed by atoms with Crippen LogP contribution >= 0.6 is 0 Å². The molecule has 2 rings (SSSR count). The Hall–Kier alpha value is -1.48. The van der Waals surface area contributed by atoms with Crippen LogP contribution in [0.4, 0.5) is 0 Å². The minimum Gasteiger partial charge on any atom is -0.486 e. The summed E-state index contributed by atoms with van der Waals surface area (Å²) in [7, 11) is 0. The van der Waals surface area contributed by atoms with Gasteiger partial charge in [-0.1, -0.05) is 31.2 Å². The van der Waals surface area contributed by atoms with Crippen LogP contribution in [0.25, 0.3) is 0 Å². The van der Waals surface area contributed by atoms with Crippen LogP contribution in [-0.4, -0.2) is 23.9 Å². The number of fused-ring (bicyclic) bond motifs is 1. The van der Waals surface area contributed by atoms with Gasteiger partial charge < -0.3 is 14.6 Å². The van der Waals surface area contributed by atoms with Gasteiger partial charge in [-0.2, -0.15) is 0 Å². The van der Waals surface area contributed by atoms with Gasteiger partial charge in [0.05, 0.1) is 6.10 Å². The molecule has 1 aromatic rings. The van der Waals surface area contributed by atoms with Crippen molar-refractivity contribution >= 4 is 0 Å². The largest absolute Gasteiger partial charge is 0.486 e. The van der Waals surface area contributed by atoms with Gasteiger partial charge in [0.15, 0.2) is 17.6 Å². The van der Waals surface area contributed by atoms with E-state index >= 15 is 0 Å². The van der Waals surface area contributed by atoms with E-state index in [-0.39, 0.29) is 6.10 Å². The fourth-order valence-corrected chi connectivity index (χ4v) is 1.80. The first-order chi connectivity index (χ1) is 8.20. The number of hydrogen-bond acceptors (Lipinski definition) is 3. The normalized spacial score (nSPS) is 19.8. The molecule has 0 bridgehead atoms. The lowest BCUT2D eigenvalue weighted by molar-refractivity contribution is -0.00957. The Morgan fingerprint density at radius 3 is 2.88 bits per heavy atom. The van der Waals surface area contributed by atoms with Gasteiger partial charge in [0, 0.05) is 0 Å². The number of aliphatic hydroxyl groups is 1. The van der Waals surface area contributed by atoms with Crippen LogP contribution in [0.15, 0.2) is 36.4 Å². The molecule has 0 fully saturated rings. The standard InChI is InChI=1S/C14H18O3/c1-3-10(2)8-11(15)14-9-16-12-6-4-5-7-13(12)17-14/h4-7,11,14-15H,2-3,8-9H2,1H3. The van der Waals surface area contributed by atoms with Crippen LogP contribution in [0, 0.1) is 0 Å². The second-order valence-corrected chi connectivity index (χ2v) is 4.29. The van der Waals surface area contributed by atoms with Crippen molar-refractivity contribution in [2.24, 2.45) is 0 Å². The number of para-hydroxylation sites is 2. The van der Waals surface area contributed by atoms with E-state index < -0.39 is 6.10 Å². The zero-order valence-corrected chi connectivity index (χ0v) is 10.1. The second kappa shape index (κ2) is 5.23. The lowest BCUT2D eigenvalue weighted by Gasteiger charge is -2.29. The SMILES string of the molecule is C=C(CC)CC(O)C1COc2ccccc2O1. The lowest BCUT2D eigenvalue weighted by atomic mass is 10.0. The van der Waals surface area contributed by atoms with Crippen molar-refractivity contribution in [1.82, 2.24) is 0 Å². The molecule has 1 heterocycles. The Morgan fingerprint density at radius 1 is 1.47 bits per heavy atom. The average molecular weight is 234 g/mol. The molecular formula is C14H18O3. The first-order valence-corrected chi connectivity index (χ1v) is 5.94. The third-order valence-electron chi connectivity index (χ3n) is 2.96. The molecule has 3 nitrogen and oxygen atoms in total. The molecule has 1 aliphatic heterocycles. The van der Waals surface area contributed by atoms with Gasteiger partial charge >= 0.3 is 0 Å². The smallest absolute Gasteiger partial charge is 0.161 e. The zero-order valence-electron chi connectivity index (χ0n) is 10.1. The predicted octanol–water partition coefficient (Wildman–Crippen LogP) is 2.54. The quantitative estimate of drug-likeness (QED) is 0.814. The van der Waals surface area contributed by atoms with Crippen molar-refractivity contribution in [3.8, 4) is 11.5 Å². The number of rotatable bonds is 4. The van der Waals surface area contributed by atoms with E-state index in [0.29, 0.717) is 18.8 Å². The molecule has 1 N–H and O–H groups in total. The highest BCUT2D eigenvalue weighted by atomic mass is 16.6. The molecule has 3 heteroatoms. The van der Waals surface area contributed by atoms with E-state index in [4.69, 9.17) is 9.47 Å². The minimum absolute atomic E-state index is 0.312. The van der Waals surface area contributed by atoms with E-state index in [1.807, 2.05) is 31.2 Å². The van der Waals surface area contributed by atoms with Crippen LogP contribution < -0.4 is 9.47 Å². The molecule has 0 saturated carbocycles. The summed E-state index contributed by atoms with van der Waals surface area (Å²) in [5, 5.41) is 10.0. The maximum atomic E-state index is 10.0. The van der Waals surface area contributed by atoms with Crippen LogP contribution in [0.3, 0.4) is 0 Å². The summed E-state index contributed by atoms with van der Waals surface area (Å²) in [6.45, 7) is 6.31. The zero-order chi connectivity index (χ0) is 12.3. The highest BCUT2D eigenvalue weighted by Crippen LogP contribution is 2.32. The third kappa shape index (κ3) is 2.80. The molecule has 2 atom stereocenters. The van der Waals surface area contributed by atoms with Crippen molar-refractivity contribution in [3.05, 3.63) is 36.4 Å². The molecule has 0 spiro atoms. The highest BCUT2D eigenvalue weighted by Gasteiger charge is 2.27. The van der Waals surface area contributed by atoms with Crippen LogP contribution in [-0.2, 0) is 0 Å². The summed E-state index contributed by atoms with van der Waals surface area (Å²) in [4.78, 5) is 0. The Bertz CT molecular complexity index is 400. The minimum atomic E-state index is -0.559. The van der Waals surface area contributed by atoms with Crippen LogP contribution in [0.2, 0.25) is 0 Å². The van der Waals surface area contributed by atoms with Crippen molar-refractivity contribution < 1.29 is 14.6 Å². The Kier molecular flexibility index (Phi) is 3.69. The first kappa shape index (κ1) is 12.0. The summed E-state index contributed by atoms with van der Waals surface area (Å²) < 4.78 is 11.3. The van der Waals surface area contributed by atoms with Crippen molar-refractivity contribution in [2.45, 2.75) is 32.0 Å². The molecule has 0 aromatic heterocycles. The van der Waals surface area contributed by atoms with E-state index in [2.05, 4.69) is 6.58 Å². The maximum Gasteiger partial charge on any atom is 0.161 e. The van der Waals surface area contributed by atoms with Gasteiger partial charge in [-0.15, -0.1) is 0 Å². The van der Waals surface area contributed by atoms with Gasteiger partial charge in [-0.3, -0.25) is 0 Å². The van der Waals surface area contributed by atoms with E-state index in [1.54, 1.807) is 0 Å². The van der Waals surface area contributed by atoms with Crippen molar-refractivity contribution in [1.29, 1.82) is 0 Å². The molecule has 0 radical (unpaired) electrons. The van der Waals surface area contributed by atoms with Crippen molar-refractivity contribution in [3.63, 3.8) is 0 Å². The Balaban J connectivity index is 2.00. The Morgan fingerprint density at radius 2 is 2.18 bits per heavy atom. The topological polar surface area (TPSA) is 38.7 Å². The number of benzene rings is 1. The maximum absolute atomic E-state index is 10.0. The lowest BCUT2D eigenvalue weighted by Crippen LogP contribution is -2.39. The number of aliphatic hydroxyl groups excluding tert-OH is 1. The average Bonchev–Trinajstić information content (AvgIpc) is 2.38. The van der Waals surface area contributed by atoms with Gasteiger partial charge in [-0.05, 0) is 25.0 Å². The molecule has 0 amide bonds. The first-order valence-electron chi connectivity index (χ1n) is 5.94. The molecule has 17 heavy (non-hydrogen) atoms. The summed E-state index contributed by atoms with van der Waals surface area (Å²) >= 11 is 0. The fraction of sp³-hybridized carbons (Fsp3) is 0.429. The molecule has 0 saturated heterocycles. The summed E-state index contributed by atoms with van der Waals surface area (Å²) in [6.07, 6.45) is 0.567. The van der Waals surface area contributed by atoms with Gasteiger partial charge in [0.1, 0.15) is 6.61 Å². The van der Waals surface area contributed by atoms with E-state index in [1.165, 1.54) is 0 Å². The summed E-state index contributed by atoms with van der Waals surface area (Å²) in [6, 6.07) is 7.51. The predicted molar refractivity (Wildman–Crippen MR) is 66.4 cm³/mol. The van der Waals surface area contributed by atoms with Crippen molar-refractivity contribution in [2.75, 3.05) is 6.61 Å².